The number of ether oxygens (including phenoxy) is 1. The summed E-state index contributed by atoms with van der Waals surface area (Å²) in [6.07, 6.45) is -0.809. The fourth-order valence-corrected chi connectivity index (χ4v) is 2.33. The second kappa shape index (κ2) is 4.46. The standard InChI is InChI=1S/C10H15N5O4/c11-10-13-8-7(9(18)14-10)12-3-15(8)6-1-4(17)5(2-16)19-6/h3-6,10,13,16-17H,1-2,11H2,(H,14,18). The smallest absolute Gasteiger partial charge is 0.276 e. The molecule has 2 aliphatic rings. The van der Waals surface area contributed by atoms with Crippen LogP contribution >= 0.6 is 0 Å². The number of hydrogen-bond acceptors (Lipinski definition) is 7. The van der Waals surface area contributed by atoms with Crippen LogP contribution in [0.3, 0.4) is 0 Å². The van der Waals surface area contributed by atoms with E-state index in [9.17, 15) is 9.90 Å². The van der Waals surface area contributed by atoms with Crippen LogP contribution in [0.1, 0.15) is 23.1 Å². The monoisotopic (exact) mass is 269 g/mol. The Hall–Kier alpha value is -1.68. The maximum absolute atomic E-state index is 11.7. The van der Waals surface area contributed by atoms with Crippen molar-refractivity contribution in [1.29, 1.82) is 0 Å². The van der Waals surface area contributed by atoms with Gasteiger partial charge in [0.25, 0.3) is 5.91 Å². The highest BCUT2D eigenvalue weighted by atomic mass is 16.5. The molecule has 1 aromatic rings. The number of carbonyl (C=O) groups excluding carboxylic acids is 1. The lowest BCUT2D eigenvalue weighted by atomic mass is 10.2. The van der Waals surface area contributed by atoms with Crippen molar-refractivity contribution in [1.82, 2.24) is 14.9 Å². The van der Waals surface area contributed by atoms with Gasteiger partial charge in [0, 0.05) is 6.42 Å². The highest BCUT2D eigenvalue weighted by Crippen LogP contribution is 2.32. The normalized spacial score (nSPS) is 33.7. The predicted octanol–water partition coefficient (Wildman–Crippen LogP) is -2.08. The summed E-state index contributed by atoms with van der Waals surface area (Å²) in [6, 6.07) is 0. The SMILES string of the molecule is NC1NC(=O)c2ncn(C3CC(O)C(CO)O3)c2N1. The lowest BCUT2D eigenvalue weighted by molar-refractivity contribution is -0.0438. The minimum absolute atomic E-state index is 0.229. The molecule has 3 heterocycles. The molecule has 1 aromatic heterocycles. The van der Waals surface area contributed by atoms with E-state index < -0.39 is 24.7 Å². The minimum Gasteiger partial charge on any atom is -0.394 e. The molecule has 1 fully saturated rings. The average molecular weight is 269 g/mol. The van der Waals surface area contributed by atoms with E-state index in [0.29, 0.717) is 12.2 Å². The Labute approximate surface area is 108 Å². The molecule has 1 amide bonds. The second-order valence-corrected chi connectivity index (χ2v) is 4.56. The van der Waals surface area contributed by atoms with Crippen LogP contribution in [0.5, 0.6) is 0 Å². The van der Waals surface area contributed by atoms with Crippen LogP contribution < -0.4 is 16.4 Å². The summed E-state index contributed by atoms with van der Waals surface area (Å²) in [4.78, 5) is 15.7. The zero-order valence-corrected chi connectivity index (χ0v) is 9.98. The van der Waals surface area contributed by atoms with Gasteiger partial charge in [0.1, 0.15) is 18.1 Å². The number of amides is 1. The summed E-state index contributed by atoms with van der Waals surface area (Å²) in [5, 5.41) is 24.2. The van der Waals surface area contributed by atoms with Crippen molar-refractivity contribution in [2.45, 2.75) is 31.1 Å². The Morgan fingerprint density at radius 3 is 3.05 bits per heavy atom. The molecule has 0 saturated carbocycles. The molecule has 0 spiro atoms. The van der Waals surface area contributed by atoms with Crippen LogP contribution in [0.15, 0.2) is 6.33 Å². The zero-order chi connectivity index (χ0) is 13.6. The Morgan fingerprint density at radius 2 is 2.37 bits per heavy atom. The maximum Gasteiger partial charge on any atom is 0.276 e. The topological polar surface area (TPSA) is 135 Å². The Bertz CT molecular complexity index is 504. The van der Waals surface area contributed by atoms with Gasteiger partial charge in [-0.3, -0.25) is 15.1 Å². The van der Waals surface area contributed by atoms with Gasteiger partial charge in [0.15, 0.2) is 12.0 Å². The molecule has 0 radical (unpaired) electrons. The molecule has 4 atom stereocenters. The lowest BCUT2D eigenvalue weighted by Gasteiger charge is -2.24. The molecule has 0 aliphatic carbocycles. The van der Waals surface area contributed by atoms with Gasteiger partial charge in [-0.25, -0.2) is 4.98 Å². The van der Waals surface area contributed by atoms with Crippen LogP contribution in [0.25, 0.3) is 0 Å². The molecule has 4 unspecified atom stereocenters. The Kier molecular flexibility index (Phi) is 2.90. The van der Waals surface area contributed by atoms with Crippen LogP contribution in [0, 0.1) is 0 Å². The van der Waals surface area contributed by atoms with Gasteiger partial charge in [0.05, 0.1) is 19.0 Å². The summed E-state index contributed by atoms with van der Waals surface area (Å²) in [7, 11) is 0. The van der Waals surface area contributed by atoms with Crippen molar-refractivity contribution in [3.63, 3.8) is 0 Å². The van der Waals surface area contributed by atoms with E-state index in [1.807, 2.05) is 0 Å². The maximum atomic E-state index is 11.7. The van der Waals surface area contributed by atoms with Crippen molar-refractivity contribution in [3.05, 3.63) is 12.0 Å². The van der Waals surface area contributed by atoms with Crippen molar-refractivity contribution in [2.24, 2.45) is 5.73 Å². The molecule has 9 heteroatoms. The number of carbonyl (C=O) groups is 1. The summed E-state index contributed by atoms with van der Waals surface area (Å²) < 4.78 is 7.12. The van der Waals surface area contributed by atoms with E-state index in [-0.39, 0.29) is 18.2 Å². The molecule has 104 valence electrons. The summed E-state index contributed by atoms with van der Waals surface area (Å²) in [5.74, 6) is 0.0873. The van der Waals surface area contributed by atoms with Gasteiger partial charge >= 0.3 is 0 Å². The number of aromatic nitrogens is 2. The average Bonchev–Trinajstić information content (AvgIpc) is 2.92. The van der Waals surface area contributed by atoms with Crippen molar-refractivity contribution < 1.29 is 19.7 Å². The third kappa shape index (κ3) is 1.96. The molecule has 0 bridgehead atoms. The van der Waals surface area contributed by atoms with E-state index in [1.54, 1.807) is 4.57 Å². The van der Waals surface area contributed by atoms with Crippen LogP contribution in [0.2, 0.25) is 0 Å². The van der Waals surface area contributed by atoms with E-state index in [1.165, 1.54) is 6.33 Å². The lowest BCUT2D eigenvalue weighted by Crippen LogP contribution is -2.51. The first-order valence-corrected chi connectivity index (χ1v) is 5.94. The number of fused-ring (bicyclic) bond motifs is 1. The van der Waals surface area contributed by atoms with Crippen molar-refractivity contribution >= 4 is 11.7 Å². The van der Waals surface area contributed by atoms with E-state index in [2.05, 4.69) is 15.6 Å². The van der Waals surface area contributed by atoms with Crippen LogP contribution in [0.4, 0.5) is 5.82 Å². The molecule has 1 saturated heterocycles. The highest BCUT2D eigenvalue weighted by Gasteiger charge is 2.37. The molecule has 3 rings (SSSR count). The van der Waals surface area contributed by atoms with Gasteiger partial charge in [-0.2, -0.15) is 0 Å². The number of hydrogen-bond donors (Lipinski definition) is 5. The first kappa shape index (κ1) is 12.4. The fourth-order valence-electron chi connectivity index (χ4n) is 2.33. The Balaban J connectivity index is 1.89. The van der Waals surface area contributed by atoms with Gasteiger partial charge in [-0.1, -0.05) is 0 Å². The number of aliphatic hydroxyl groups is 2. The quantitative estimate of drug-likeness (QED) is 0.416. The van der Waals surface area contributed by atoms with Gasteiger partial charge in [-0.05, 0) is 0 Å². The molecule has 6 N–H and O–H groups in total. The predicted molar refractivity (Wildman–Crippen MR) is 62.9 cm³/mol. The number of aliphatic hydroxyl groups excluding tert-OH is 2. The molecule has 9 nitrogen and oxygen atoms in total. The summed E-state index contributed by atoms with van der Waals surface area (Å²) in [6.45, 7) is -0.262. The molecule has 0 aromatic carbocycles. The van der Waals surface area contributed by atoms with Gasteiger partial charge in [0.2, 0.25) is 0 Å². The number of nitrogens with two attached hydrogens (primary N) is 1. The summed E-state index contributed by atoms with van der Waals surface area (Å²) >= 11 is 0. The molecule has 19 heavy (non-hydrogen) atoms. The third-order valence-corrected chi connectivity index (χ3v) is 3.28. The first-order chi connectivity index (χ1) is 9.10. The largest absolute Gasteiger partial charge is 0.394 e. The second-order valence-electron chi connectivity index (χ2n) is 4.56. The van der Waals surface area contributed by atoms with E-state index in [4.69, 9.17) is 15.6 Å². The van der Waals surface area contributed by atoms with E-state index >= 15 is 0 Å². The number of anilines is 1. The van der Waals surface area contributed by atoms with Crippen molar-refractivity contribution in [2.75, 3.05) is 11.9 Å². The van der Waals surface area contributed by atoms with Gasteiger partial charge in [-0.15, -0.1) is 0 Å². The third-order valence-electron chi connectivity index (χ3n) is 3.28. The van der Waals surface area contributed by atoms with Crippen LogP contribution in [-0.2, 0) is 4.74 Å². The molecular formula is C10H15N5O4. The number of nitrogens with one attached hydrogen (secondary N) is 2. The van der Waals surface area contributed by atoms with Gasteiger partial charge < -0.3 is 25.6 Å². The van der Waals surface area contributed by atoms with E-state index in [0.717, 1.165) is 0 Å². The van der Waals surface area contributed by atoms with Crippen LogP contribution in [-0.4, -0.2) is 50.8 Å². The zero-order valence-electron chi connectivity index (χ0n) is 9.98. The Morgan fingerprint density at radius 1 is 1.58 bits per heavy atom. The minimum atomic E-state index is -0.751. The summed E-state index contributed by atoms with van der Waals surface area (Å²) in [5.41, 5.74) is 5.86. The number of nitrogens with zero attached hydrogens (tertiary/aromatic N) is 2. The molecular weight excluding hydrogens is 254 g/mol. The van der Waals surface area contributed by atoms with Crippen molar-refractivity contribution in [3.8, 4) is 0 Å². The number of imidazole rings is 1. The molecule has 2 aliphatic heterocycles. The number of rotatable bonds is 2. The highest BCUT2D eigenvalue weighted by molar-refractivity contribution is 5.98. The fraction of sp³-hybridized carbons (Fsp3) is 0.600. The first-order valence-electron chi connectivity index (χ1n) is 5.94.